The van der Waals surface area contributed by atoms with E-state index in [1.807, 2.05) is 48.5 Å². The first-order valence-corrected chi connectivity index (χ1v) is 10.5. The Kier molecular flexibility index (Phi) is 4.96. The highest BCUT2D eigenvalue weighted by Gasteiger charge is 2.44. The van der Waals surface area contributed by atoms with Crippen molar-refractivity contribution in [2.24, 2.45) is 5.41 Å². The topological polar surface area (TPSA) is 37.4 Å². The molecule has 2 aromatic carbocycles. The number of carbonyl (C=O) groups excluding carboxylic acids is 2. The van der Waals surface area contributed by atoms with E-state index < -0.39 is 0 Å². The maximum Gasteiger partial charge on any atom is 0.232 e. The van der Waals surface area contributed by atoms with E-state index in [1.54, 1.807) is 4.90 Å². The number of nitrogens with zero attached hydrogens (tertiary/aromatic N) is 1. The molecule has 0 N–H and O–H groups in total. The largest absolute Gasteiger partial charge is 0.294 e. The second kappa shape index (κ2) is 7.16. The Hall–Kier alpha value is -1.91. The van der Waals surface area contributed by atoms with Crippen molar-refractivity contribution < 1.29 is 9.59 Å². The van der Waals surface area contributed by atoms with Crippen LogP contribution in [0.4, 0.5) is 5.69 Å². The van der Waals surface area contributed by atoms with Crippen molar-refractivity contribution in [3.05, 3.63) is 74.9 Å². The number of anilines is 1. The van der Waals surface area contributed by atoms with Crippen LogP contribution < -0.4 is 4.90 Å². The highest BCUT2D eigenvalue weighted by molar-refractivity contribution is 9.10. The molecule has 3 nitrogen and oxygen atoms in total. The number of hydrogen-bond acceptors (Lipinski definition) is 2. The Bertz CT molecular complexity index is 994. The lowest BCUT2D eigenvalue weighted by Gasteiger charge is -2.43. The fourth-order valence-electron chi connectivity index (χ4n) is 4.31. The van der Waals surface area contributed by atoms with Crippen LogP contribution in [0.25, 0.3) is 0 Å². The molecule has 2 aromatic rings. The van der Waals surface area contributed by atoms with E-state index in [9.17, 15) is 9.59 Å². The Balaban J connectivity index is 1.89. The minimum absolute atomic E-state index is 0.0160. The van der Waals surface area contributed by atoms with E-state index in [1.165, 1.54) is 0 Å². The van der Waals surface area contributed by atoms with Gasteiger partial charge in [0, 0.05) is 45.2 Å². The van der Waals surface area contributed by atoms with Crippen molar-refractivity contribution in [2.45, 2.75) is 39.0 Å². The zero-order chi connectivity index (χ0) is 20.1. The SMILES string of the molecule is CC1(C)CC(=O)C2=C(C1)N(c1cccc(Br)c1)C(=O)CC2c1ccc(Cl)cc1. The van der Waals surface area contributed by atoms with Gasteiger partial charge < -0.3 is 0 Å². The number of Topliss-reactive ketones (excluding diaryl/α,β-unsaturated/α-hetero) is 1. The summed E-state index contributed by atoms with van der Waals surface area (Å²) in [5.41, 5.74) is 3.21. The van der Waals surface area contributed by atoms with Crippen LogP contribution >= 0.6 is 27.5 Å². The standard InChI is InChI=1S/C23H21BrClNO2/c1-23(2)12-19-22(20(27)13-23)18(14-6-8-16(25)9-7-14)11-21(28)26(19)17-5-3-4-15(24)10-17/h3-10,18H,11-13H2,1-2H3. The van der Waals surface area contributed by atoms with E-state index in [-0.39, 0.29) is 29.4 Å². The molecule has 0 saturated heterocycles. The second-order valence-corrected chi connectivity index (χ2v) is 9.67. The molecule has 1 amide bonds. The minimum atomic E-state index is -0.216. The lowest BCUT2D eigenvalue weighted by molar-refractivity contribution is -0.121. The van der Waals surface area contributed by atoms with Gasteiger partial charge in [0.05, 0.1) is 0 Å². The third-order valence-electron chi connectivity index (χ3n) is 5.48. The summed E-state index contributed by atoms with van der Waals surface area (Å²) in [6.45, 7) is 4.17. The molecule has 1 unspecified atom stereocenters. The van der Waals surface area contributed by atoms with Crippen LogP contribution in [-0.2, 0) is 9.59 Å². The summed E-state index contributed by atoms with van der Waals surface area (Å²) < 4.78 is 0.904. The quantitative estimate of drug-likeness (QED) is 0.532. The third kappa shape index (κ3) is 3.56. The molecule has 0 saturated carbocycles. The molecule has 0 bridgehead atoms. The number of amides is 1. The maximum atomic E-state index is 13.3. The second-order valence-electron chi connectivity index (χ2n) is 8.32. The van der Waals surface area contributed by atoms with Crippen molar-refractivity contribution in [3.8, 4) is 0 Å². The predicted octanol–water partition coefficient (Wildman–Crippen LogP) is 6.27. The molecule has 1 aliphatic heterocycles. The molecule has 5 heteroatoms. The highest BCUT2D eigenvalue weighted by atomic mass is 79.9. The molecule has 0 aromatic heterocycles. The van der Waals surface area contributed by atoms with Gasteiger partial charge >= 0.3 is 0 Å². The van der Waals surface area contributed by atoms with Crippen molar-refractivity contribution in [1.82, 2.24) is 0 Å². The Morgan fingerprint density at radius 1 is 1.07 bits per heavy atom. The number of rotatable bonds is 2. The average molecular weight is 459 g/mol. The average Bonchev–Trinajstić information content (AvgIpc) is 2.60. The molecule has 4 rings (SSSR count). The lowest BCUT2D eigenvalue weighted by Crippen LogP contribution is -2.43. The monoisotopic (exact) mass is 457 g/mol. The summed E-state index contributed by atoms with van der Waals surface area (Å²) in [5, 5.41) is 0.645. The van der Waals surface area contributed by atoms with Gasteiger partial charge in [-0.3, -0.25) is 14.5 Å². The number of carbonyl (C=O) groups is 2. The van der Waals surface area contributed by atoms with Gasteiger partial charge in [-0.15, -0.1) is 0 Å². The van der Waals surface area contributed by atoms with Gasteiger partial charge in [0.2, 0.25) is 5.91 Å². The summed E-state index contributed by atoms with van der Waals surface area (Å²) in [6, 6.07) is 15.2. The summed E-state index contributed by atoms with van der Waals surface area (Å²) in [7, 11) is 0. The maximum absolute atomic E-state index is 13.3. The van der Waals surface area contributed by atoms with Crippen molar-refractivity contribution >= 4 is 44.9 Å². The zero-order valence-electron chi connectivity index (χ0n) is 15.8. The van der Waals surface area contributed by atoms with Gasteiger partial charge in [-0.05, 0) is 47.7 Å². The van der Waals surface area contributed by atoms with Crippen molar-refractivity contribution in [3.63, 3.8) is 0 Å². The van der Waals surface area contributed by atoms with E-state index >= 15 is 0 Å². The smallest absolute Gasteiger partial charge is 0.232 e. The van der Waals surface area contributed by atoms with Crippen LogP contribution in [0.3, 0.4) is 0 Å². The fraction of sp³-hybridized carbons (Fsp3) is 0.304. The van der Waals surface area contributed by atoms with Crippen molar-refractivity contribution in [2.75, 3.05) is 4.90 Å². The summed E-state index contributed by atoms with van der Waals surface area (Å²) in [6.07, 6.45) is 1.46. The van der Waals surface area contributed by atoms with Gasteiger partial charge in [-0.2, -0.15) is 0 Å². The molecule has 144 valence electrons. The first-order chi connectivity index (χ1) is 13.2. The van der Waals surface area contributed by atoms with Gasteiger partial charge in [-0.25, -0.2) is 0 Å². The summed E-state index contributed by atoms with van der Waals surface area (Å²) in [4.78, 5) is 28.2. The number of ketones is 1. The zero-order valence-corrected chi connectivity index (χ0v) is 18.2. The number of allylic oxidation sites excluding steroid dienone is 2. The Labute approximate surface area is 178 Å². The third-order valence-corrected chi connectivity index (χ3v) is 6.23. The van der Waals surface area contributed by atoms with Crippen LogP contribution in [0.15, 0.2) is 64.3 Å². The number of benzene rings is 2. The van der Waals surface area contributed by atoms with E-state index in [4.69, 9.17) is 11.6 Å². The van der Waals surface area contributed by atoms with Gasteiger partial charge in [0.1, 0.15) is 0 Å². The van der Waals surface area contributed by atoms with E-state index in [0.29, 0.717) is 17.9 Å². The molecule has 1 heterocycles. The summed E-state index contributed by atoms with van der Waals surface area (Å²) >= 11 is 9.54. The van der Waals surface area contributed by atoms with Crippen LogP contribution in [0, 0.1) is 5.41 Å². The van der Waals surface area contributed by atoms with Crippen LogP contribution in [0.5, 0.6) is 0 Å². The molecule has 28 heavy (non-hydrogen) atoms. The van der Waals surface area contributed by atoms with Gasteiger partial charge in [0.15, 0.2) is 5.78 Å². The van der Waals surface area contributed by atoms with Crippen LogP contribution in [-0.4, -0.2) is 11.7 Å². The van der Waals surface area contributed by atoms with Gasteiger partial charge in [0.25, 0.3) is 0 Å². The van der Waals surface area contributed by atoms with E-state index in [2.05, 4.69) is 29.8 Å². The fourth-order valence-corrected chi connectivity index (χ4v) is 4.82. The summed E-state index contributed by atoms with van der Waals surface area (Å²) in [5.74, 6) is -0.0623. The van der Waals surface area contributed by atoms with Crippen molar-refractivity contribution in [1.29, 1.82) is 0 Å². The molecule has 0 radical (unpaired) electrons. The number of halogens is 2. The lowest BCUT2D eigenvalue weighted by atomic mass is 9.69. The molecule has 0 fully saturated rings. The molecular weight excluding hydrogens is 438 g/mol. The molecule has 0 spiro atoms. The predicted molar refractivity (Wildman–Crippen MR) is 115 cm³/mol. The number of hydrogen-bond donors (Lipinski definition) is 0. The Morgan fingerprint density at radius 2 is 1.79 bits per heavy atom. The first kappa shape index (κ1) is 19.4. The minimum Gasteiger partial charge on any atom is -0.294 e. The highest BCUT2D eigenvalue weighted by Crippen LogP contribution is 2.48. The van der Waals surface area contributed by atoms with Gasteiger partial charge in [-0.1, -0.05) is 59.6 Å². The van der Waals surface area contributed by atoms with E-state index in [0.717, 1.165) is 27.0 Å². The molecular formula is C23H21BrClNO2. The molecule has 1 aliphatic carbocycles. The van der Waals surface area contributed by atoms with Crippen LogP contribution in [0.2, 0.25) is 5.02 Å². The Morgan fingerprint density at radius 3 is 2.46 bits per heavy atom. The first-order valence-electron chi connectivity index (χ1n) is 9.35. The molecule has 2 aliphatic rings. The van der Waals surface area contributed by atoms with Crippen LogP contribution in [0.1, 0.15) is 44.6 Å². The normalized spacial score (nSPS) is 21.7. The molecule has 1 atom stereocenters.